The fourth-order valence-electron chi connectivity index (χ4n) is 0.554. The molecule has 0 aromatic carbocycles. The van der Waals surface area contributed by atoms with Crippen molar-refractivity contribution in [3.8, 4) is 0 Å². The highest BCUT2D eigenvalue weighted by atomic mass is 32.1. The van der Waals surface area contributed by atoms with Gasteiger partial charge in [-0.2, -0.15) is 8.75 Å². The first-order valence-electron chi connectivity index (χ1n) is 2.35. The molecule has 2 rings (SSSR count). The van der Waals surface area contributed by atoms with E-state index in [1.807, 2.05) is 0 Å². The van der Waals surface area contributed by atoms with Gasteiger partial charge in [-0.05, 0) is 0 Å². The van der Waals surface area contributed by atoms with Gasteiger partial charge in [0.1, 0.15) is 11.8 Å². The van der Waals surface area contributed by atoms with E-state index in [-0.39, 0.29) is 0 Å². The van der Waals surface area contributed by atoms with Crippen molar-refractivity contribution >= 4 is 22.9 Å². The number of fused-ring (bicyclic) bond motifs is 1. The lowest BCUT2D eigenvalue weighted by molar-refractivity contribution is 1.20. The average molecular weight is 138 g/mol. The van der Waals surface area contributed by atoms with Crippen molar-refractivity contribution in [2.75, 3.05) is 0 Å². The molecule has 2 aromatic heterocycles. The topological polar surface area (TPSA) is 51.6 Å². The highest BCUT2D eigenvalue weighted by Gasteiger charge is 1.94. The molecule has 0 amide bonds. The Bertz CT molecular complexity index is 287. The van der Waals surface area contributed by atoms with E-state index in [9.17, 15) is 0 Å². The summed E-state index contributed by atoms with van der Waals surface area (Å²) in [4.78, 5) is 7.65. The molecule has 0 fully saturated rings. The van der Waals surface area contributed by atoms with Crippen molar-refractivity contribution in [3.05, 3.63) is 12.5 Å². The molecule has 9 heavy (non-hydrogen) atoms. The molecule has 0 spiro atoms. The van der Waals surface area contributed by atoms with Gasteiger partial charge in [-0.3, -0.25) is 0 Å². The van der Waals surface area contributed by atoms with Crippen LogP contribution in [0, 0.1) is 0 Å². The predicted octanol–water partition coefficient (Wildman–Crippen LogP) is 0.481. The number of aromatic nitrogens is 4. The summed E-state index contributed by atoms with van der Waals surface area (Å²) in [6.07, 6.45) is 3.11. The van der Waals surface area contributed by atoms with Crippen LogP contribution in [0.15, 0.2) is 12.5 Å². The molecule has 2 aromatic rings. The second-order valence-corrected chi connectivity index (χ2v) is 2.02. The Morgan fingerprint density at radius 2 is 2.33 bits per heavy atom. The van der Waals surface area contributed by atoms with Crippen LogP contribution in [-0.2, 0) is 0 Å². The third kappa shape index (κ3) is 0.655. The SMILES string of the molecule is c1ncc2nsnc2n1. The first-order valence-corrected chi connectivity index (χ1v) is 3.08. The normalized spacial score (nSPS) is 10.2. The Morgan fingerprint density at radius 3 is 3.22 bits per heavy atom. The molecule has 0 radical (unpaired) electrons. The second kappa shape index (κ2) is 1.70. The van der Waals surface area contributed by atoms with Crippen molar-refractivity contribution in [1.29, 1.82) is 0 Å². The van der Waals surface area contributed by atoms with Gasteiger partial charge in [-0.1, -0.05) is 0 Å². The molecular formula is C4H2N4S. The fraction of sp³-hybridized carbons (Fsp3) is 0. The van der Waals surface area contributed by atoms with Crippen LogP contribution >= 0.6 is 11.7 Å². The summed E-state index contributed by atoms with van der Waals surface area (Å²) in [6, 6.07) is 0. The van der Waals surface area contributed by atoms with Crippen molar-refractivity contribution in [2.24, 2.45) is 0 Å². The maximum absolute atomic E-state index is 3.92. The Balaban J connectivity index is 2.95. The van der Waals surface area contributed by atoms with Crippen LogP contribution in [0.3, 0.4) is 0 Å². The Labute approximate surface area is 54.9 Å². The van der Waals surface area contributed by atoms with Gasteiger partial charge in [0.25, 0.3) is 0 Å². The van der Waals surface area contributed by atoms with E-state index in [1.54, 1.807) is 6.20 Å². The minimum absolute atomic E-state index is 0.676. The molecule has 0 aliphatic rings. The van der Waals surface area contributed by atoms with Gasteiger partial charge in [0, 0.05) is 0 Å². The van der Waals surface area contributed by atoms with E-state index in [0.717, 1.165) is 17.2 Å². The number of rotatable bonds is 0. The van der Waals surface area contributed by atoms with Gasteiger partial charge in [0.05, 0.1) is 17.9 Å². The van der Waals surface area contributed by atoms with Gasteiger partial charge in [0.2, 0.25) is 0 Å². The average Bonchev–Trinajstić information content (AvgIpc) is 2.33. The minimum atomic E-state index is 0.676. The smallest absolute Gasteiger partial charge is 0.196 e. The van der Waals surface area contributed by atoms with Crippen LogP contribution in [0.5, 0.6) is 0 Å². The van der Waals surface area contributed by atoms with E-state index in [2.05, 4.69) is 18.7 Å². The molecule has 4 nitrogen and oxygen atoms in total. The molecule has 0 N–H and O–H groups in total. The van der Waals surface area contributed by atoms with Gasteiger partial charge in [0.15, 0.2) is 5.65 Å². The summed E-state index contributed by atoms with van der Waals surface area (Å²) in [5.41, 5.74) is 1.44. The first-order chi connectivity index (χ1) is 4.47. The molecule has 2 heterocycles. The molecule has 0 atom stereocenters. The van der Waals surface area contributed by atoms with Gasteiger partial charge >= 0.3 is 0 Å². The monoisotopic (exact) mass is 138 g/mol. The van der Waals surface area contributed by atoms with Crippen molar-refractivity contribution in [3.63, 3.8) is 0 Å². The lowest BCUT2D eigenvalue weighted by Crippen LogP contribution is -1.76. The summed E-state index contributed by atoms with van der Waals surface area (Å²) >= 11 is 1.15. The highest BCUT2D eigenvalue weighted by Crippen LogP contribution is 2.03. The third-order valence-electron chi connectivity index (χ3n) is 0.939. The number of nitrogens with zero attached hydrogens (tertiary/aromatic N) is 4. The summed E-state index contributed by atoms with van der Waals surface area (Å²) in [5, 5.41) is 0. The van der Waals surface area contributed by atoms with Crippen LogP contribution in [-0.4, -0.2) is 18.7 Å². The standard InChI is InChI=1S/C4H2N4S/c1-3-4(6-2-5-1)8-9-7-3/h1-2H. The predicted molar refractivity (Wildman–Crippen MR) is 33.0 cm³/mol. The highest BCUT2D eigenvalue weighted by molar-refractivity contribution is 7.00. The molecule has 0 aliphatic carbocycles. The molecule has 44 valence electrons. The molecule has 0 aliphatic heterocycles. The first kappa shape index (κ1) is 4.75. The quantitative estimate of drug-likeness (QED) is 0.531. The summed E-state index contributed by atoms with van der Waals surface area (Å²) in [6.45, 7) is 0. The zero-order valence-electron chi connectivity index (χ0n) is 4.35. The van der Waals surface area contributed by atoms with E-state index in [1.165, 1.54) is 6.33 Å². The molecule has 0 saturated carbocycles. The largest absolute Gasteiger partial charge is 0.242 e. The van der Waals surface area contributed by atoms with Gasteiger partial charge < -0.3 is 0 Å². The summed E-state index contributed by atoms with van der Waals surface area (Å²) < 4.78 is 7.82. The Morgan fingerprint density at radius 1 is 1.33 bits per heavy atom. The van der Waals surface area contributed by atoms with Crippen molar-refractivity contribution in [2.45, 2.75) is 0 Å². The summed E-state index contributed by atoms with van der Waals surface area (Å²) in [7, 11) is 0. The molecule has 0 unspecified atom stereocenters. The fourth-order valence-corrected chi connectivity index (χ4v) is 1.03. The number of hydrogen-bond acceptors (Lipinski definition) is 5. The van der Waals surface area contributed by atoms with Crippen LogP contribution in [0.25, 0.3) is 11.2 Å². The molecule has 0 saturated heterocycles. The van der Waals surface area contributed by atoms with E-state index in [0.29, 0.717) is 5.65 Å². The lowest BCUT2D eigenvalue weighted by atomic mass is 10.6. The van der Waals surface area contributed by atoms with E-state index in [4.69, 9.17) is 0 Å². The molecule has 0 bridgehead atoms. The maximum Gasteiger partial charge on any atom is 0.196 e. The van der Waals surface area contributed by atoms with Crippen molar-refractivity contribution in [1.82, 2.24) is 18.7 Å². The van der Waals surface area contributed by atoms with Crippen LogP contribution in [0.2, 0.25) is 0 Å². The molecular weight excluding hydrogens is 136 g/mol. The Kier molecular flexibility index (Phi) is 0.895. The van der Waals surface area contributed by atoms with Crippen LogP contribution in [0.4, 0.5) is 0 Å². The maximum atomic E-state index is 3.92. The van der Waals surface area contributed by atoms with Gasteiger partial charge in [-0.25, -0.2) is 9.97 Å². The second-order valence-electron chi connectivity index (χ2n) is 1.50. The zero-order chi connectivity index (χ0) is 6.10. The lowest BCUT2D eigenvalue weighted by Gasteiger charge is -1.77. The van der Waals surface area contributed by atoms with E-state index < -0.39 is 0 Å². The summed E-state index contributed by atoms with van der Waals surface area (Å²) in [5.74, 6) is 0. The van der Waals surface area contributed by atoms with Gasteiger partial charge in [-0.15, -0.1) is 0 Å². The number of hydrogen-bond donors (Lipinski definition) is 0. The molecule has 5 heteroatoms. The third-order valence-corrected chi connectivity index (χ3v) is 1.47. The van der Waals surface area contributed by atoms with Crippen LogP contribution < -0.4 is 0 Å². The Hall–Kier alpha value is -1.10. The van der Waals surface area contributed by atoms with Crippen LogP contribution in [0.1, 0.15) is 0 Å². The van der Waals surface area contributed by atoms with Crippen molar-refractivity contribution < 1.29 is 0 Å². The zero-order valence-corrected chi connectivity index (χ0v) is 5.17. The van der Waals surface area contributed by atoms with E-state index >= 15 is 0 Å². The minimum Gasteiger partial charge on any atom is -0.242 e.